The fourth-order valence-electron chi connectivity index (χ4n) is 1.95. The topological polar surface area (TPSA) is 51.5 Å². The van der Waals surface area contributed by atoms with E-state index in [1.807, 2.05) is 13.0 Å². The highest BCUT2D eigenvalue weighted by Gasteiger charge is 2.12. The van der Waals surface area contributed by atoms with Gasteiger partial charge in [-0.1, -0.05) is 6.92 Å². The Balaban J connectivity index is 2.60. The average Bonchev–Trinajstić information content (AvgIpc) is 2.71. The smallest absolute Gasteiger partial charge is 0.418 e. The van der Waals surface area contributed by atoms with Crippen molar-refractivity contribution in [2.75, 3.05) is 6.61 Å². The van der Waals surface area contributed by atoms with Gasteiger partial charge in [-0.15, -0.1) is 0 Å². The number of rotatable bonds is 2. The van der Waals surface area contributed by atoms with Crippen molar-refractivity contribution < 1.29 is 14.6 Å². The zero-order valence-corrected chi connectivity index (χ0v) is 9.93. The summed E-state index contributed by atoms with van der Waals surface area (Å²) in [6, 6.07) is 5.16. The second-order valence-electron chi connectivity index (χ2n) is 3.78. The molecule has 2 rings (SSSR count). The third-order valence-corrected chi connectivity index (χ3v) is 2.72. The molecule has 90 valence electrons. The summed E-state index contributed by atoms with van der Waals surface area (Å²) in [4.78, 5) is 11.7. The normalized spacial score (nSPS) is 10.7. The summed E-state index contributed by atoms with van der Waals surface area (Å²) in [6.45, 7) is 4.10. The minimum Gasteiger partial charge on any atom is -0.508 e. The Morgan fingerprint density at radius 2 is 2.18 bits per heavy atom. The molecule has 17 heavy (non-hydrogen) atoms. The molecule has 0 fully saturated rings. The van der Waals surface area contributed by atoms with Crippen molar-refractivity contribution in [1.82, 2.24) is 4.57 Å². The molecular weight excluding hydrogens is 218 g/mol. The number of aromatic nitrogens is 1. The molecule has 0 bridgehead atoms. The number of aryl methyl sites for hydroxylation is 1. The number of phenolic OH excluding ortho intramolecular Hbond substituents is 1. The highest BCUT2D eigenvalue weighted by molar-refractivity contribution is 5.92. The number of carbonyl (C=O) groups excluding carboxylic acids is 1. The van der Waals surface area contributed by atoms with Crippen molar-refractivity contribution in [2.45, 2.75) is 20.3 Å². The maximum atomic E-state index is 11.7. The van der Waals surface area contributed by atoms with Gasteiger partial charge in [0.2, 0.25) is 0 Å². The van der Waals surface area contributed by atoms with Crippen LogP contribution >= 0.6 is 0 Å². The average molecular weight is 233 g/mol. The molecule has 1 aromatic carbocycles. The van der Waals surface area contributed by atoms with Crippen LogP contribution in [0.15, 0.2) is 24.4 Å². The number of fused-ring (bicyclic) bond motifs is 1. The lowest BCUT2D eigenvalue weighted by Gasteiger charge is -2.06. The van der Waals surface area contributed by atoms with Gasteiger partial charge in [-0.2, -0.15) is 0 Å². The fourth-order valence-corrected chi connectivity index (χ4v) is 1.95. The molecule has 1 aromatic heterocycles. The minimum atomic E-state index is -0.421. The van der Waals surface area contributed by atoms with E-state index < -0.39 is 6.09 Å². The fraction of sp³-hybridized carbons (Fsp3) is 0.308. The molecule has 0 saturated carbocycles. The molecule has 0 atom stereocenters. The van der Waals surface area contributed by atoms with E-state index in [1.54, 1.807) is 25.3 Å². The standard InChI is InChI=1S/C13H15NO3/c1-3-9-7-10(15)8-12-11(9)5-6-14(12)13(16)17-4-2/h5-8,15H,3-4H2,1-2H3. The van der Waals surface area contributed by atoms with E-state index in [9.17, 15) is 9.90 Å². The molecule has 2 aromatic rings. The molecule has 0 aliphatic carbocycles. The first-order chi connectivity index (χ1) is 8.17. The van der Waals surface area contributed by atoms with Crippen molar-refractivity contribution >= 4 is 17.0 Å². The quantitative estimate of drug-likeness (QED) is 0.867. The molecular formula is C13H15NO3. The molecule has 1 heterocycles. The van der Waals surface area contributed by atoms with Crippen molar-refractivity contribution in [3.05, 3.63) is 30.0 Å². The van der Waals surface area contributed by atoms with Crippen LogP contribution in [0.4, 0.5) is 4.79 Å². The van der Waals surface area contributed by atoms with Crippen molar-refractivity contribution in [3.63, 3.8) is 0 Å². The lowest BCUT2D eigenvalue weighted by molar-refractivity contribution is 0.155. The van der Waals surface area contributed by atoms with E-state index in [0.29, 0.717) is 12.1 Å². The van der Waals surface area contributed by atoms with E-state index in [-0.39, 0.29) is 5.75 Å². The number of hydrogen-bond acceptors (Lipinski definition) is 3. The van der Waals surface area contributed by atoms with Gasteiger partial charge in [-0.05, 0) is 31.0 Å². The Hall–Kier alpha value is -1.97. The predicted molar refractivity (Wildman–Crippen MR) is 65.4 cm³/mol. The van der Waals surface area contributed by atoms with Gasteiger partial charge >= 0.3 is 6.09 Å². The van der Waals surface area contributed by atoms with Crippen LogP contribution in [0, 0.1) is 0 Å². The second kappa shape index (κ2) is 4.49. The number of carbonyl (C=O) groups is 1. The number of nitrogens with zero attached hydrogens (tertiary/aromatic N) is 1. The summed E-state index contributed by atoms with van der Waals surface area (Å²) in [5.41, 5.74) is 1.70. The Bertz CT molecular complexity index is 557. The van der Waals surface area contributed by atoms with Crippen molar-refractivity contribution in [1.29, 1.82) is 0 Å². The summed E-state index contributed by atoms with van der Waals surface area (Å²) in [5, 5.41) is 10.6. The maximum Gasteiger partial charge on any atom is 0.418 e. The molecule has 0 aliphatic rings. The lowest BCUT2D eigenvalue weighted by Crippen LogP contribution is -2.12. The third-order valence-electron chi connectivity index (χ3n) is 2.72. The van der Waals surface area contributed by atoms with E-state index in [2.05, 4.69) is 0 Å². The predicted octanol–water partition coefficient (Wildman–Crippen LogP) is 2.91. The largest absolute Gasteiger partial charge is 0.508 e. The Labute approximate surface area is 99.4 Å². The van der Waals surface area contributed by atoms with Crippen LogP contribution in [0.5, 0.6) is 5.75 Å². The molecule has 0 saturated heterocycles. The monoisotopic (exact) mass is 233 g/mol. The number of hydrogen-bond donors (Lipinski definition) is 1. The molecule has 1 N–H and O–H groups in total. The third kappa shape index (κ3) is 1.98. The molecule has 4 nitrogen and oxygen atoms in total. The first-order valence-electron chi connectivity index (χ1n) is 5.67. The van der Waals surface area contributed by atoms with Gasteiger partial charge in [-0.25, -0.2) is 4.79 Å². The van der Waals surface area contributed by atoms with Crippen molar-refractivity contribution in [2.24, 2.45) is 0 Å². The summed E-state index contributed by atoms with van der Waals surface area (Å²) in [5.74, 6) is 0.165. The van der Waals surface area contributed by atoms with E-state index in [4.69, 9.17) is 4.74 Å². The van der Waals surface area contributed by atoms with Crippen LogP contribution in [-0.4, -0.2) is 22.4 Å². The first-order valence-corrected chi connectivity index (χ1v) is 5.67. The van der Waals surface area contributed by atoms with Crippen molar-refractivity contribution in [3.8, 4) is 5.75 Å². The Kier molecular flexibility index (Phi) is 3.04. The summed E-state index contributed by atoms with van der Waals surface area (Å²) in [6.07, 6.45) is 2.05. The van der Waals surface area contributed by atoms with E-state index in [1.165, 1.54) is 4.57 Å². The molecule has 0 radical (unpaired) electrons. The zero-order chi connectivity index (χ0) is 12.4. The Morgan fingerprint density at radius 3 is 2.82 bits per heavy atom. The van der Waals surface area contributed by atoms with Gasteiger partial charge in [0.15, 0.2) is 0 Å². The van der Waals surface area contributed by atoms with Gasteiger partial charge < -0.3 is 9.84 Å². The lowest BCUT2D eigenvalue weighted by atomic mass is 10.1. The summed E-state index contributed by atoms with van der Waals surface area (Å²) < 4.78 is 6.36. The van der Waals surface area contributed by atoms with Gasteiger partial charge in [0, 0.05) is 17.6 Å². The minimum absolute atomic E-state index is 0.165. The van der Waals surface area contributed by atoms with Gasteiger partial charge in [0.25, 0.3) is 0 Å². The highest BCUT2D eigenvalue weighted by atomic mass is 16.5. The highest BCUT2D eigenvalue weighted by Crippen LogP contribution is 2.26. The van der Waals surface area contributed by atoms with Gasteiger partial charge in [0.1, 0.15) is 5.75 Å². The first kappa shape index (κ1) is 11.5. The van der Waals surface area contributed by atoms with Crippen LogP contribution in [0.3, 0.4) is 0 Å². The van der Waals surface area contributed by atoms with Crippen LogP contribution in [-0.2, 0) is 11.2 Å². The summed E-state index contributed by atoms with van der Waals surface area (Å²) >= 11 is 0. The van der Waals surface area contributed by atoms with E-state index in [0.717, 1.165) is 17.4 Å². The van der Waals surface area contributed by atoms with Crippen LogP contribution < -0.4 is 0 Å². The number of ether oxygens (including phenoxy) is 1. The number of aromatic hydroxyl groups is 1. The number of phenols is 1. The molecule has 0 aliphatic heterocycles. The summed E-state index contributed by atoms with van der Waals surface area (Å²) in [7, 11) is 0. The molecule has 4 heteroatoms. The second-order valence-corrected chi connectivity index (χ2v) is 3.78. The maximum absolute atomic E-state index is 11.7. The molecule has 0 unspecified atom stereocenters. The van der Waals surface area contributed by atoms with E-state index >= 15 is 0 Å². The van der Waals surface area contributed by atoms with Crippen LogP contribution in [0.1, 0.15) is 19.4 Å². The van der Waals surface area contributed by atoms with Gasteiger partial charge in [0.05, 0.1) is 12.1 Å². The van der Waals surface area contributed by atoms with Crippen LogP contribution in [0.2, 0.25) is 0 Å². The van der Waals surface area contributed by atoms with Crippen LogP contribution in [0.25, 0.3) is 10.9 Å². The zero-order valence-electron chi connectivity index (χ0n) is 9.93. The number of benzene rings is 1. The molecule has 0 spiro atoms. The SMILES string of the molecule is CCOC(=O)n1ccc2c(CC)cc(O)cc21. The Morgan fingerprint density at radius 1 is 1.41 bits per heavy atom. The van der Waals surface area contributed by atoms with Gasteiger partial charge in [-0.3, -0.25) is 4.57 Å². The molecule has 0 amide bonds.